The van der Waals surface area contributed by atoms with Crippen molar-refractivity contribution in [2.75, 3.05) is 19.8 Å². The van der Waals surface area contributed by atoms with Gasteiger partial charge in [-0.3, -0.25) is 0 Å². The van der Waals surface area contributed by atoms with E-state index in [0.29, 0.717) is 61.1 Å². The van der Waals surface area contributed by atoms with Crippen molar-refractivity contribution in [2.45, 2.75) is 44.3 Å². The van der Waals surface area contributed by atoms with Crippen LogP contribution in [-0.4, -0.2) is 32.2 Å². The first kappa shape index (κ1) is 27.2. The normalized spacial score (nSPS) is 18.3. The molecule has 1 fully saturated rings. The molecule has 0 unspecified atom stereocenters. The Balaban J connectivity index is 1.37. The van der Waals surface area contributed by atoms with Crippen molar-refractivity contribution in [2.24, 2.45) is 0 Å². The third-order valence-electron chi connectivity index (χ3n) is 6.22. The van der Waals surface area contributed by atoms with Gasteiger partial charge in [0.1, 0.15) is 29.1 Å². The van der Waals surface area contributed by atoms with Crippen molar-refractivity contribution >= 4 is 10.8 Å². The van der Waals surface area contributed by atoms with Gasteiger partial charge in [0.25, 0.3) is 0 Å². The number of ether oxygens (including phenoxy) is 3. The van der Waals surface area contributed by atoms with Gasteiger partial charge in [0.05, 0.1) is 19.8 Å². The van der Waals surface area contributed by atoms with Crippen LogP contribution in [0.1, 0.15) is 28.7 Å². The molecule has 0 bridgehead atoms. The average Bonchev–Trinajstić information content (AvgIpc) is 2.85. The van der Waals surface area contributed by atoms with Crippen LogP contribution in [0, 0.1) is 17.5 Å². The lowest BCUT2D eigenvalue weighted by Gasteiger charge is -2.29. The zero-order chi connectivity index (χ0) is 26.6. The highest BCUT2D eigenvalue weighted by molar-refractivity contribution is 5.84. The summed E-state index contributed by atoms with van der Waals surface area (Å²) in [5.74, 6) is -3.83. The lowest BCUT2D eigenvalue weighted by Crippen LogP contribution is -2.37. The van der Waals surface area contributed by atoms with E-state index in [4.69, 9.17) is 14.2 Å². The summed E-state index contributed by atoms with van der Waals surface area (Å²) in [6, 6.07) is 9.98. The summed E-state index contributed by atoms with van der Waals surface area (Å²) < 4.78 is 98.0. The Morgan fingerprint density at radius 3 is 2.24 bits per heavy atom. The molecule has 1 heterocycles. The number of rotatable bonds is 9. The molecule has 1 aliphatic heterocycles. The Morgan fingerprint density at radius 2 is 1.59 bits per heavy atom. The van der Waals surface area contributed by atoms with Gasteiger partial charge in [-0.05, 0) is 53.5 Å². The minimum absolute atomic E-state index is 0.0172. The quantitative estimate of drug-likeness (QED) is 0.224. The van der Waals surface area contributed by atoms with Gasteiger partial charge < -0.3 is 14.2 Å². The van der Waals surface area contributed by atoms with Crippen LogP contribution >= 0.6 is 0 Å². The third kappa shape index (κ3) is 6.71. The molecule has 0 N–H and O–H groups in total. The van der Waals surface area contributed by atoms with E-state index in [1.807, 2.05) is 12.1 Å². The molecule has 0 aromatic heterocycles. The highest BCUT2D eigenvalue weighted by atomic mass is 19.4. The Kier molecular flexibility index (Phi) is 8.56. The summed E-state index contributed by atoms with van der Waals surface area (Å²) in [5, 5.41) is 1.08. The Hall–Kier alpha value is -2.88. The molecule has 4 rings (SSSR count). The third-order valence-corrected chi connectivity index (χ3v) is 6.22. The largest absolute Gasteiger partial charge is 0.422 e. The van der Waals surface area contributed by atoms with Crippen LogP contribution in [0.2, 0.25) is 0 Å². The van der Waals surface area contributed by atoms with E-state index in [1.165, 1.54) is 0 Å². The number of fused-ring (bicyclic) bond motifs is 1. The summed E-state index contributed by atoms with van der Waals surface area (Å²) in [6.07, 6.45) is -2.60. The van der Waals surface area contributed by atoms with Crippen molar-refractivity contribution in [3.63, 3.8) is 0 Å². The van der Waals surface area contributed by atoms with Crippen molar-refractivity contribution < 1.29 is 40.6 Å². The van der Waals surface area contributed by atoms with Crippen LogP contribution < -0.4 is 0 Å². The standard InChI is InChI=1S/C28H26F6O3/c1-2-11-35-21-15-36-25(37-16-21)10-5-17-4-9-22-20(12-17)8-7-19(27(22)31)6-3-18-13-23(29)26(24(30)14-18)28(32,33)34/h2,4,7-9,12-14,21,25H,1,3,5-6,10-11,15-16H2. The van der Waals surface area contributed by atoms with Gasteiger partial charge >= 0.3 is 6.18 Å². The fraction of sp³-hybridized carbons (Fsp3) is 0.357. The summed E-state index contributed by atoms with van der Waals surface area (Å²) >= 11 is 0. The van der Waals surface area contributed by atoms with Gasteiger partial charge in [-0.1, -0.05) is 36.4 Å². The molecule has 3 aromatic carbocycles. The smallest absolute Gasteiger partial charge is 0.369 e. The topological polar surface area (TPSA) is 27.7 Å². The molecule has 37 heavy (non-hydrogen) atoms. The fourth-order valence-electron chi connectivity index (χ4n) is 4.33. The highest BCUT2D eigenvalue weighted by Gasteiger charge is 2.37. The van der Waals surface area contributed by atoms with E-state index in [9.17, 15) is 22.0 Å². The van der Waals surface area contributed by atoms with Crippen molar-refractivity contribution in [3.8, 4) is 0 Å². The van der Waals surface area contributed by atoms with Crippen molar-refractivity contribution in [1.29, 1.82) is 0 Å². The Labute approximate surface area is 210 Å². The molecule has 0 spiro atoms. The van der Waals surface area contributed by atoms with Crippen LogP contribution in [0.3, 0.4) is 0 Å². The average molecular weight is 525 g/mol. The molecule has 0 atom stereocenters. The molecule has 1 aliphatic rings. The number of halogens is 6. The van der Waals surface area contributed by atoms with Gasteiger partial charge in [0, 0.05) is 11.8 Å². The predicted octanol–water partition coefficient (Wildman–Crippen LogP) is 6.94. The van der Waals surface area contributed by atoms with Gasteiger partial charge in [-0.2, -0.15) is 13.2 Å². The molecular formula is C28H26F6O3. The second-order valence-electron chi connectivity index (χ2n) is 8.91. The van der Waals surface area contributed by atoms with Crippen molar-refractivity contribution in [1.82, 2.24) is 0 Å². The van der Waals surface area contributed by atoms with Crippen molar-refractivity contribution in [3.05, 3.63) is 94.8 Å². The fourth-order valence-corrected chi connectivity index (χ4v) is 4.33. The van der Waals surface area contributed by atoms with Crippen LogP contribution in [0.25, 0.3) is 10.8 Å². The Bertz CT molecular complexity index is 1230. The van der Waals surface area contributed by atoms with Crippen LogP contribution in [-0.2, 0) is 39.6 Å². The first-order valence-electron chi connectivity index (χ1n) is 11.9. The zero-order valence-electron chi connectivity index (χ0n) is 19.9. The van der Waals surface area contributed by atoms with E-state index in [2.05, 4.69) is 6.58 Å². The molecule has 0 saturated carbocycles. The molecular weight excluding hydrogens is 498 g/mol. The van der Waals surface area contributed by atoms with Gasteiger partial charge in [0.2, 0.25) is 0 Å². The maximum absolute atomic E-state index is 15.1. The molecule has 198 valence electrons. The van der Waals surface area contributed by atoms with Gasteiger partial charge in [-0.15, -0.1) is 6.58 Å². The maximum atomic E-state index is 15.1. The summed E-state index contributed by atoms with van der Waals surface area (Å²) in [6.45, 7) is 4.92. The SMILES string of the molecule is C=CCOC1COC(CCc2ccc3c(F)c(CCc4cc(F)c(C(F)(F)F)c(F)c4)ccc3c2)OC1. The molecule has 9 heteroatoms. The molecule has 0 radical (unpaired) electrons. The molecule has 0 aliphatic carbocycles. The number of alkyl halides is 3. The maximum Gasteiger partial charge on any atom is 0.422 e. The summed E-state index contributed by atoms with van der Waals surface area (Å²) in [4.78, 5) is 0. The second-order valence-corrected chi connectivity index (χ2v) is 8.91. The first-order chi connectivity index (χ1) is 17.7. The minimum atomic E-state index is -5.13. The van der Waals surface area contributed by atoms with E-state index in [1.54, 1.807) is 24.3 Å². The number of benzene rings is 3. The number of hydrogen-bond acceptors (Lipinski definition) is 3. The Morgan fingerprint density at radius 1 is 0.892 bits per heavy atom. The number of hydrogen-bond donors (Lipinski definition) is 0. The van der Waals surface area contributed by atoms with Gasteiger partial charge in [0.15, 0.2) is 6.29 Å². The zero-order valence-corrected chi connectivity index (χ0v) is 19.9. The van der Waals surface area contributed by atoms with Crippen LogP contribution in [0.5, 0.6) is 0 Å². The van der Waals surface area contributed by atoms with E-state index in [0.717, 1.165) is 5.56 Å². The van der Waals surface area contributed by atoms with Crippen LogP contribution in [0.15, 0.2) is 55.1 Å². The molecule has 0 amide bonds. The highest BCUT2D eigenvalue weighted by Crippen LogP contribution is 2.34. The second kappa shape index (κ2) is 11.7. The molecule has 3 nitrogen and oxygen atoms in total. The van der Waals surface area contributed by atoms with Crippen LogP contribution in [0.4, 0.5) is 26.3 Å². The molecule has 3 aromatic rings. The van der Waals surface area contributed by atoms with E-state index < -0.39 is 29.2 Å². The summed E-state index contributed by atoms with van der Waals surface area (Å²) in [7, 11) is 0. The van der Waals surface area contributed by atoms with E-state index in [-0.39, 0.29) is 30.8 Å². The van der Waals surface area contributed by atoms with Gasteiger partial charge in [-0.25, -0.2) is 13.2 Å². The lowest BCUT2D eigenvalue weighted by atomic mass is 9.97. The van der Waals surface area contributed by atoms with E-state index >= 15 is 4.39 Å². The monoisotopic (exact) mass is 524 g/mol. The first-order valence-corrected chi connectivity index (χ1v) is 11.9. The lowest BCUT2D eigenvalue weighted by molar-refractivity contribution is -0.225. The minimum Gasteiger partial charge on any atom is -0.369 e. The summed E-state index contributed by atoms with van der Waals surface area (Å²) in [5.41, 5.74) is -0.623. The molecule has 1 saturated heterocycles. The predicted molar refractivity (Wildman–Crippen MR) is 127 cm³/mol. The number of aryl methyl sites for hydroxylation is 3.